The third-order valence-corrected chi connectivity index (χ3v) is 2.13. The van der Waals surface area contributed by atoms with E-state index in [9.17, 15) is 13.6 Å². The molecule has 16 heavy (non-hydrogen) atoms. The Morgan fingerprint density at radius 1 is 1.50 bits per heavy atom. The summed E-state index contributed by atoms with van der Waals surface area (Å²) in [5.41, 5.74) is -0.166. The molecule has 88 valence electrons. The lowest BCUT2D eigenvalue weighted by Crippen LogP contribution is -2.30. The number of halogens is 3. The van der Waals surface area contributed by atoms with Crippen LogP contribution in [-0.2, 0) is 0 Å². The van der Waals surface area contributed by atoms with Crippen LogP contribution in [0.15, 0.2) is 12.1 Å². The van der Waals surface area contributed by atoms with Crippen LogP contribution in [-0.4, -0.2) is 23.7 Å². The van der Waals surface area contributed by atoms with E-state index < -0.39 is 23.6 Å². The molecule has 0 aliphatic heterocycles. The maximum absolute atomic E-state index is 12.9. The molecule has 1 amide bonds. The zero-order valence-corrected chi connectivity index (χ0v) is 9.18. The van der Waals surface area contributed by atoms with Gasteiger partial charge in [0.25, 0.3) is 5.91 Å². The summed E-state index contributed by atoms with van der Waals surface area (Å²) in [6, 6.07) is 1.45. The van der Waals surface area contributed by atoms with Crippen LogP contribution in [0.2, 0.25) is 5.02 Å². The molecule has 1 aromatic carbocycles. The van der Waals surface area contributed by atoms with Gasteiger partial charge < -0.3 is 10.4 Å². The molecule has 0 fully saturated rings. The van der Waals surface area contributed by atoms with Gasteiger partial charge in [-0.3, -0.25) is 4.79 Å². The summed E-state index contributed by atoms with van der Waals surface area (Å²) in [4.78, 5) is 11.4. The standard InChI is InChI=1S/C10H10ClF2NO2/c1-5(15)4-14-10(16)6-2-8(12)9(13)3-7(6)11/h2-3,5,15H,4H2,1H3,(H,14,16)/t5-/m0/s1. The van der Waals surface area contributed by atoms with Crippen LogP contribution < -0.4 is 5.32 Å². The van der Waals surface area contributed by atoms with E-state index in [2.05, 4.69) is 5.32 Å². The molecule has 0 aliphatic carbocycles. The Labute approximate surface area is 96.0 Å². The number of carbonyl (C=O) groups is 1. The number of aliphatic hydroxyl groups is 1. The topological polar surface area (TPSA) is 49.3 Å². The highest BCUT2D eigenvalue weighted by atomic mass is 35.5. The molecule has 0 unspecified atom stereocenters. The van der Waals surface area contributed by atoms with E-state index in [0.717, 1.165) is 12.1 Å². The summed E-state index contributed by atoms with van der Waals surface area (Å²) < 4.78 is 25.6. The van der Waals surface area contributed by atoms with Gasteiger partial charge in [0.05, 0.1) is 16.7 Å². The van der Waals surface area contributed by atoms with E-state index in [4.69, 9.17) is 16.7 Å². The molecule has 0 saturated carbocycles. The van der Waals surface area contributed by atoms with Crippen molar-refractivity contribution in [2.24, 2.45) is 0 Å². The van der Waals surface area contributed by atoms with Crippen molar-refractivity contribution in [1.29, 1.82) is 0 Å². The maximum atomic E-state index is 12.9. The van der Waals surface area contributed by atoms with E-state index in [1.165, 1.54) is 6.92 Å². The maximum Gasteiger partial charge on any atom is 0.252 e. The highest BCUT2D eigenvalue weighted by molar-refractivity contribution is 6.33. The molecular weight excluding hydrogens is 240 g/mol. The fraction of sp³-hybridized carbons (Fsp3) is 0.300. The molecule has 6 heteroatoms. The second-order valence-corrected chi connectivity index (χ2v) is 3.71. The number of amides is 1. The molecule has 1 rings (SSSR count). The number of hydrogen-bond acceptors (Lipinski definition) is 2. The van der Waals surface area contributed by atoms with Crippen molar-refractivity contribution in [1.82, 2.24) is 5.32 Å². The van der Waals surface area contributed by atoms with Gasteiger partial charge in [0.15, 0.2) is 11.6 Å². The molecule has 0 aromatic heterocycles. The average Bonchev–Trinajstić information content (AvgIpc) is 2.20. The molecule has 0 aliphatic rings. The van der Waals surface area contributed by atoms with Crippen LogP contribution in [0.5, 0.6) is 0 Å². The van der Waals surface area contributed by atoms with Crippen LogP contribution in [0, 0.1) is 11.6 Å². The van der Waals surface area contributed by atoms with Crippen molar-refractivity contribution >= 4 is 17.5 Å². The molecule has 0 saturated heterocycles. The van der Waals surface area contributed by atoms with Gasteiger partial charge in [-0.15, -0.1) is 0 Å². The summed E-state index contributed by atoms with van der Waals surface area (Å²) >= 11 is 5.58. The second kappa shape index (κ2) is 5.23. The third kappa shape index (κ3) is 3.15. The number of benzene rings is 1. The van der Waals surface area contributed by atoms with Crippen LogP contribution in [0.4, 0.5) is 8.78 Å². The van der Waals surface area contributed by atoms with Crippen molar-refractivity contribution in [2.75, 3.05) is 6.54 Å². The van der Waals surface area contributed by atoms with Gasteiger partial charge in [0.2, 0.25) is 0 Å². The molecule has 1 atom stereocenters. The molecule has 1 aromatic rings. The average molecular weight is 250 g/mol. The Morgan fingerprint density at radius 3 is 2.62 bits per heavy atom. The predicted molar refractivity (Wildman–Crippen MR) is 55.4 cm³/mol. The van der Waals surface area contributed by atoms with E-state index in [0.29, 0.717) is 0 Å². The van der Waals surface area contributed by atoms with Crippen LogP contribution >= 0.6 is 11.6 Å². The van der Waals surface area contributed by atoms with Gasteiger partial charge in [0.1, 0.15) is 0 Å². The first-order valence-corrected chi connectivity index (χ1v) is 4.90. The van der Waals surface area contributed by atoms with E-state index in [-0.39, 0.29) is 17.1 Å². The third-order valence-electron chi connectivity index (χ3n) is 1.81. The number of nitrogens with one attached hydrogen (secondary N) is 1. The SMILES string of the molecule is C[C@H](O)CNC(=O)c1cc(F)c(F)cc1Cl. The minimum absolute atomic E-state index is 0.00809. The monoisotopic (exact) mass is 249 g/mol. The minimum Gasteiger partial charge on any atom is -0.392 e. The molecule has 0 bridgehead atoms. The van der Waals surface area contributed by atoms with E-state index >= 15 is 0 Å². The highest BCUT2D eigenvalue weighted by Gasteiger charge is 2.14. The summed E-state index contributed by atoms with van der Waals surface area (Å²) in [7, 11) is 0. The fourth-order valence-corrected chi connectivity index (χ4v) is 1.27. The number of rotatable bonds is 3. The molecule has 0 radical (unpaired) electrons. The number of hydrogen-bond donors (Lipinski definition) is 2. The predicted octanol–water partition coefficient (Wildman–Crippen LogP) is 1.73. The fourth-order valence-electron chi connectivity index (χ4n) is 1.03. The van der Waals surface area contributed by atoms with Crippen LogP contribution in [0.1, 0.15) is 17.3 Å². The summed E-state index contributed by atoms with van der Waals surface area (Å²) in [6.07, 6.45) is -0.729. The summed E-state index contributed by atoms with van der Waals surface area (Å²) in [5, 5.41) is 11.1. The molecule has 0 heterocycles. The van der Waals surface area contributed by atoms with Gasteiger partial charge in [-0.2, -0.15) is 0 Å². The smallest absolute Gasteiger partial charge is 0.252 e. The van der Waals surface area contributed by atoms with Gasteiger partial charge in [-0.05, 0) is 19.1 Å². The Morgan fingerprint density at radius 2 is 2.06 bits per heavy atom. The zero-order chi connectivity index (χ0) is 12.3. The quantitative estimate of drug-likeness (QED) is 0.802. The first-order chi connectivity index (χ1) is 7.41. The first kappa shape index (κ1) is 12.9. The zero-order valence-electron chi connectivity index (χ0n) is 8.43. The van der Waals surface area contributed by atoms with Gasteiger partial charge in [-0.25, -0.2) is 8.78 Å². The van der Waals surface area contributed by atoms with E-state index in [1.54, 1.807) is 0 Å². The molecule has 2 N–H and O–H groups in total. The van der Waals surface area contributed by atoms with Crippen molar-refractivity contribution in [3.8, 4) is 0 Å². The van der Waals surface area contributed by atoms with Crippen molar-refractivity contribution in [3.63, 3.8) is 0 Å². The lowest BCUT2D eigenvalue weighted by Gasteiger charge is -2.08. The van der Waals surface area contributed by atoms with Crippen molar-refractivity contribution in [2.45, 2.75) is 13.0 Å². The Hall–Kier alpha value is -1.20. The van der Waals surface area contributed by atoms with E-state index in [1.807, 2.05) is 0 Å². The Kier molecular flexibility index (Phi) is 4.20. The Bertz CT molecular complexity index is 410. The molecule has 0 spiro atoms. The van der Waals surface area contributed by atoms with Crippen LogP contribution in [0.25, 0.3) is 0 Å². The Balaban J connectivity index is 2.87. The van der Waals surface area contributed by atoms with Crippen molar-refractivity contribution < 1.29 is 18.7 Å². The van der Waals surface area contributed by atoms with Crippen LogP contribution in [0.3, 0.4) is 0 Å². The lowest BCUT2D eigenvalue weighted by atomic mass is 10.2. The largest absolute Gasteiger partial charge is 0.392 e. The van der Waals surface area contributed by atoms with Crippen molar-refractivity contribution in [3.05, 3.63) is 34.4 Å². The molecular formula is C10H10ClF2NO2. The number of carbonyl (C=O) groups excluding carboxylic acids is 1. The summed E-state index contributed by atoms with van der Waals surface area (Å²) in [6.45, 7) is 1.49. The first-order valence-electron chi connectivity index (χ1n) is 4.52. The minimum atomic E-state index is -1.15. The van der Waals surface area contributed by atoms with Gasteiger partial charge >= 0.3 is 0 Å². The lowest BCUT2D eigenvalue weighted by molar-refractivity contribution is 0.0923. The molecule has 3 nitrogen and oxygen atoms in total. The van der Waals surface area contributed by atoms with Gasteiger partial charge in [0, 0.05) is 6.54 Å². The number of aliphatic hydroxyl groups excluding tert-OH is 1. The van der Waals surface area contributed by atoms with Gasteiger partial charge in [-0.1, -0.05) is 11.6 Å². The summed E-state index contributed by atoms with van der Waals surface area (Å²) in [5.74, 6) is -2.92. The highest BCUT2D eigenvalue weighted by Crippen LogP contribution is 2.19. The normalized spacial score (nSPS) is 12.3. The second-order valence-electron chi connectivity index (χ2n) is 3.31.